The van der Waals surface area contributed by atoms with E-state index in [4.69, 9.17) is 18.6 Å². The third-order valence-corrected chi connectivity index (χ3v) is 7.30. The van der Waals surface area contributed by atoms with Crippen molar-refractivity contribution in [2.45, 2.75) is 79.6 Å². The van der Waals surface area contributed by atoms with Gasteiger partial charge in [-0.1, -0.05) is 59.0 Å². The molecule has 3 aromatic rings. The summed E-state index contributed by atoms with van der Waals surface area (Å²) in [5.41, 5.74) is 3.86. The van der Waals surface area contributed by atoms with Crippen molar-refractivity contribution in [2.75, 3.05) is 25.7 Å². The lowest BCUT2D eigenvalue weighted by Crippen LogP contribution is -2.10. The quantitative estimate of drug-likeness (QED) is 0.0797. The molecule has 0 unspecified atom stereocenters. The fourth-order valence-electron chi connectivity index (χ4n) is 4.58. The van der Waals surface area contributed by atoms with Gasteiger partial charge in [-0.15, -0.1) is 0 Å². The van der Waals surface area contributed by atoms with Crippen LogP contribution in [0.5, 0.6) is 23.0 Å². The summed E-state index contributed by atoms with van der Waals surface area (Å²) < 4.78 is 24.4. The zero-order chi connectivity index (χ0) is 29.2. The molecule has 0 saturated carbocycles. The predicted octanol–water partition coefficient (Wildman–Crippen LogP) is 8.80. The molecule has 0 aliphatic rings. The minimum Gasteiger partial charge on any atom is -0.507 e. The van der Waals surface area contributed by atoms with Crippen LogP contribution in [-0.4, -0.2) is 30.8 Å². The number of benzene rings is 2. The summed E-state index contributed by atoms with van der Waals surface area (Å²) in [6.45, 7) is 11.2. The van der Waals surface area contributed by atoms with Gasteiger partial charge in [0.15, 0.2) is 11.5 Å². The molecule has 218 valence electrons. The number of halogens is 1. The minimum atomic E-state index is -0.300. The van der Waals surface area contributed by atoms with Crippen LogP contribution in [0.15, 0.2) is 44.6 Å². The summed E-state index contributed by atoms with van der Waals surface area (Å²) in [7, 11) is 1.58. The molecule has 1 aromatic heterocycles. The number of phenolic OH excluding ortho intramolecular Hbond substituents is 1. The van der Waals surface area contributed by atoms with Crippen molar-refractivity contribution in [1.29, 1.82) is 0 Å². The molecule has 0 bridgehead atoms. The Morgan fingerprint density at radius 2 is 1.45 bits per heavy atom. The number of alkyl halides is 1. The second kappa shape index (κ2) is 15.2. The zero-order valence-electron chi connectivity index (χ0n) is 24.7. The van der Waals surface area contributed by atoms with Crippen LogP contribution in [-0.2, 0) is 12.8 Å². The molecule has 0 fully saturated rings. The van der Waals surface area contributed by atoms with Crippen molar-refractivity contribution in [1.82, 2.24) is 0 Å². The SMILES string of the molecule is CCCCCOc1cc2oc3cc(OCCCCBr)c(OC)c(CC=C(C)C)c3c(=O)c2c(O)c1CC=C(C)C. The monoisotopic (exact) mass is 614 g/mol. The van der Waals surface area contributed by atoms with Crippen molar-refractivity contribution in [3.05, 3.63) is 56.8 Å². The molecule has 3 rings (SSSR count). The number of unbranched alkanes of at least 4 members (excludes halogenated alkanes) is 3. The average Bonchev–Trinajstić information content (AvgIpc) is 2.91. The highest BCUT2D eigenvalue weighted by Crippen LogP contribution is 2.41. The van der Waals surface area contributed by atoms with E-state index in [9.17, 15) is 9.90 Å². The van der Waals surface area contributed by atoms with Gasteiger partial charge >= 0.3 is 0 Å². The van der Waals surface area contributed by atoms with Gasteiger partial charge in [0.1, 0.15) is 28.1 Å². The molecule has 0 aliphatic heterocycles. The molecule has 1 heterocycles. The Bertz CT molecular complexity index is 1430. The number of aromatic hydroxyl groups is 1. The van der Waals surface area contributed by atoms with E-state index >= 15 is 0 Å². The lowest BCUT2D eigenvalue weighted by molar-refractivity contribution is 0.288. The molecule has 0 aliphatic carbocycles. The van der Waals surface area contributed by atoms with E-state index in [1.165, 1.54) is 0 Å². The highest BCUT2D eigenvalue weighted by molar-refractivity contribution is 9.09. The highest BCUT2D eigenvalue weighted by atomic mass is 79.9. The molecular weight excluding hydrogens is 572 g/mol. The van der Waals surface area contributed by atoms with Crippen molar-refractivity contribution in [2.24, 2.45) is 0 Å². The maximum atomic E-state index is 14.2. The second-order valence-corrected chi connectivity index (χ2v) is 11.3. The summed E-state index contributed by atoms with van der Waals surface area (Å²) in [5, 5.41) is 12.9. The molecule has 0 amide bonds. The average molecular weight is 616 g/mol. The van der Waals surface area contributed by atoms with Crippen LogP contribution in [0.3, 0.4) is 0 Å². The summed E-state index contributed by atoms with van der Waals surface area (Å²) in [6, 6.07) is 3.47. The molecule has 7 heteroatoms. The molecule has 0 atom stereocenters. The van der Waals surface area contributed by atoms with Crippen LogP contribution in [0.25, 0.3) is 21.9 Å². The van der Waals surface area contributed by atoms with E-state index in [0.29, 0.717) is 65.4 Å². The van der Waals surface area contributed by atoms with E-state index in [2.05, 4.69) is 22.9 Å². The van der Waals surface area contributed by atoms with Crippen LogP contribution in [0.4, 0.5) is 0 Å². The van der Waals surface area contributed by atoms with E-state index in [1.807, 2.05) is 39.8 Å². The Morgan fingerprint density at radius 3 is 2.05 bits per heavy atom. The van der Waals surface area contributed by atoms with Crippen molar-refractivity contribution in [3.8, 4) is 23.0 Å². The number of hydrogen-bond donors (Lipinski definition) is 1. The summed E-state index contributed by atoms with van der Waals surface area (Å²) >= 11 is 3.46. The first kappa shape index (κ1) is 31.6. The summed E-state index contributed by atoms with van der Waals surface area (Å²) in [5.74, 6) is 1.48. The number of methoxy groups -OCH3 is 1. The third kappa shape index (κ3) is 7.62. The summed E-state index contributed by atoms with van der Waals surface area (Å²) in [4.78, 5) is 14.2. The van der Waals surface area contributed by atoms with E-state index in [0.717, 1.165) is 48.6 Å². The third-order valence-electron chi connectivity index (χ3n) is 6.73. The lowest BCUT2D eigenvalue weighted by atomic mass is 9.98. The molecule has 1 N–H and O–H groups in total. The smallest absolute Gasteiger partial charge is 0.204 e. The first-order valence-electron chi connectivity index (χ1n) is 14.2. The second-order valence-electron chi connectivity index (χ2n) is 10.5. The highest BCUT2D eigenvalue weighted by Gasteiger charge is 2.24. The van der Waals surface area contributed by atoms with Gasteiger partial charge in [-0.05, 0) is 59.8 Å². The van der Waals surface area contributed by atoms with Gasteiger partial charge in [0.25, 0.3) is 0 Å². The molecule has 0 radical (unpaired) electrons. The topological polar surface area (TPSA) is 78.1 Å². The van der Waals surface area contributed by atoms with Gasteiger partial charge in [-0.25, -0.2) is 0 Å². The first-order valence-corrected chi connectivity index (χ1v) is 15.3. The number of allylic oxidation sites excluding steroid dienone is 4. The predicted molar refractivity (Wildman–Crippen MR) is 168 cm³/mol. The van der Waals surface area contributed by atoms with Gasteiger partial charge in [-0.3, -0.25) is 4.79 Å². The van der Waals surface area contributed by atoms with Crippen molar-refractivity contribution < 1.29 is 23.7 Å². The number of hydrogen-bond acceptors (Lipinski definition) is 6. The van der Waals surface area contributed by atoms with Gasteiger partial charge in [-0.2, -0.15) is 0 Å². The largest absolute Gasteiger partial charge is 0.507 e. The molecular formula is C33H43BrO6. The van der Waals surface area contributed by atoms with Crippen LogP contribution < -0.4 is 19.6 Å². The number of fused-ring (bicyclic) bond motifs is 2. The Labute approximate surface area is 246 Å². The number of rotatable bonds is 15. The molecule has 0 saturated heterocycles. The summed E-state index contributed by atoms with van der Waals surface area (Å²) in [6.07, 6.45) is 9.86. The standard InChI is InChI=1S/C33H43BrO6/c1-7-8-10-17-38-25-19-27-30(31(35)23(25)14-12-21(2)3)32(36)29-24(15-13-22(4)5)33(37-6)28(20-26(29)40-27)39-18-11-9-16-34/h12-13,19-20,35H,7-11,14-18H2,1-6H3. The Balaban J connectivity index is 2.31. The van der Waals surface area contributed by atoms with Crippen LogP contribution >= 0.6 is 15.9 Å². The molecule has 40 heavy (non-hydrogen) atoms. The molecule has 6 nitrogen and oxygen atoms in total. The van der Waals surface area contributed by atoms with Gasteiger partial charge < -0.3 is 23.7 Å². The van der Waals surface area contributed by atoms with E-state index in [-0.39, 0.29) is 22.1 Å². The van der Waals surface area contributed by atoms with Crippen molar-refractivity contribution >= 4 is 37.9 Å². The zero-order valence-corrected chi connectivity index (χ0v) is 26.3. The van der Waals surface area contributed by atoms with E-state index < -0.39 is 0 Å². The van der Waals surface area contributed by atoms with Crippen LogP contribution in [0.1, 0.15) is 77.8 Å². The molecule has 2 aromatic carbocycles. The maximum Gasteiger partial charge on any atom is 0.204 e. The van der Waals surface area contributed by atoms with E-state index in [1.54, 1.807) is 19.2 Å². The first-order chi connectivity index (χ1) is 19.2. The Morgan fingerprint density at radius 1 is 0.875 bits per heavy atom. The number of phenols is 1. The Kier molecular flexibility index (Phi) is 12.0. The molecule has 0 spiro atoms. The lowest BCUT2D eigenvalue weighted by Gasteiger charge is -2.18. The van der Waals surface area contributed by atoms with Crippen LogP contribution in [0.2, 0.25) is 0 Å². The normalized spacial score (nSPS) is 11.1. The fraction of sp³-hybridized carbons (Fsp3) is 0.485. The fourth-order valence-corrected chi connectivity index (χ4v) is 4.98. The Hall–Kier alpha value is -2.93. The van der Waals surface area contributed by atoms with Gasteiger partial charge in [0.2, 0.25) is 5.43 Å². The van der Waals surface area contributed by atoms with Crippen LogP contribution in [0, 0.1) is 0 Å². The number of ether oxygens (including phenoxy) is 3. The van der Waals surface area contributed by atoms with Crippen molar-refractivity contribution in [3.63, 3.8) is 0 Å². The van der Waals surface area contributed by atoms with Gasteiger partial charge in [0.05, 0.1) is 25.7 Å². The van der Waals surface area contributed by atoms with Gasteiger partial charge in [0, 0.05) is 28.6 Å². The minimum absolute atomic E-state index is 0.0987. The maximum absolute atomic E-state index is 14.2.